The molecule has 42 heavy (non-hydrogen) atoms. The number of rotatable bonds is 14. The number of allylic oxidation sites excluding steroid dienone is 3. The lowest BCUT2D eigenvalue weighted by Crippen LogP contribution is -2.30. The number of nitrogens with zero attached hydrogens (tertiary/aromatic N) is 5. The van der Waals surface area contributed by atoms with E-state index >= 15 is 0 Å². The summed E-state index contributed by atoms with van der Waals surface area (Å²) in [7, 11) is 3.67. The third-order valence-corrected chi connectivity index (χ3v) is 5.71. The number of aromatic nitrogens is 2. The van der Waals surface area contributed by atoms with Crippen LogP contribution >= 0.6 is 0 Å². The molecule has 1 aromatic carbocycles. The van der Waals surface area contributed by atoms with Crippen LogP contribution in [0.4, 0.5) is 0 Å². The summed E-state index contributed by atoms with van der Waals surface area (Å²) in [5.41, 5.74) is 2.21. The van der Waals surface area contributed by atoms with Gasteiger partial charge in [0, 0.05) is 32.7 Å². The Morgan fingerprint density at radius 3 is 2.02 bits per heavy atom. The van der Waals surface area contributed by atoms with Gasteiger partial charge in [0.2, 0.25) is 6.33 Å². The van der Waals surface area contributed by atoms with Gasteiger partial charge in [0.1, 0.15) is 12.4 Å². The van der Waals surface area contributed by atoms with Crippen molar-refractivity contribution in [2.45, 2.75) is 120 Å². The fourth-order valence-electron chi connectivity index (χ4n) is 3.41. The van der Waals surface area contributed by atoms with E-state index in [0.717, 1.165) is 5.70 Å². The summed E-state index contributed by atoms with van der Waals surface area (Å²) in [6, 6.07) is 10.3. The molecule has 0 aliphatic carbocycles. The number of unbranched alkanes of at least 4 members (excludes halogenated alkanes) is 6. The molecule has 0 saturated heterocycles. The molecular formula is C37H66N5+. The number of imidazole rings is 1. The number of hydrogen-bond acceptors (Lipinski definition) is 3. The molecule has 0 bridgehead atoms. The highest BCUT2D eigenvalue weighted by Gasteiger charge is 2.02. The Bertz CT molecular complexity index is 913. The van der Waals surface area contributed by atoms with Crippen molar-refractivity contribution >= 4 is 12.4 Å². The topological polar surface area (TPSA) is 36.8 Å². The molecule has 0 N–H and O–H groups in total. The van der Waals surface area contributed by atoms with Crippen LogP contribution in [0.1, 0.15) is 105 Å². The smallest absolute Gasteiger partial charge is 0.243 e. The van der Waals surface area contributed by atoms with Crippen molar-refractivity contribution in [2.75, 3.05) is 14.1 Å². The van der Waals surface area contributed by atoms with E-state index < -0.39 is 0 Å². The van der Waals surface area contributed by atoms with E-state index in [-0.39, 0.29) is 0 Å². The minimum Gasteiger partial charge on any atom is -0.351 e. The summed E-state index contributed by atoms with van der Waals surface area (Å²) in [5, 5.41) is 0. The standard InChI is InChI=1S/C15H29N2.C8H14N2.C7H8.C5H9N.C2H6/c1-3-5-7-8-10-12-17-14-13-16(15-17)11-9-6-4-2;1-5-6-10(4)8(2)7-9-3;1-7-5-3-2-4-6-7;1-3-5-6-4-2;1-2/h13-15H,3-12H2,1-2H3;5-7H,2H2,1,3-4H3;2-6H,1H3;3-5H,1-2H3;1-2H3/q+1;;;;/b;6-5-,9-7?;;5-3-,6-4?;. The molecule has 0 saturated carbocycles. The monoisotopic (exact) mass is 581 g/mol. The van der Waals surface area contributed by atoms with E-state index in [1.165, 1.54) is 70.0 Å². The zero-order valence-electron chi connectivity index (χ0n) is 29.1. The minimum atomic E-state index is 0.889. The first kappa shape index (κ1) is 43.2. The first-order valence-electron chi connectivity index (χ1n) is 16.0. The van der Waals surface area contributed by atoms with Gasteiger partial charge in [0.05, 0.1) is 18.8 Å². The van der Waals surface area contributed by atoms with Gasteiger partial charge in [-0.2, -0.15) is 0 Å². The minimum absolute atomic E-state index is 0.889. The van der Waals surface area contributed by atoms with Crippen LogP contribution in [-0.2, 0) is 13.1 Å². The van der Waals surface area contributed by atoms with Crippen LogP contribution in [0.25, 0.3) is 0 Å². The first-order chi connectivity index (χ1) is 20.4. The summed E-state index contributed by atoms with van der Waals surface area (Å²) in [6.07, 6.45) is 28.5. The SMILES string of the molecule is C=C(C=NC)N(C)/C=C\C.CC.CC=N/C=C\C.CCCCCCCn1cc[n+](CCCCC)c1.Cc1ccccc1. The average molecular weight is 581 g/mol. The zero-order chi connectivity index (χ0) is 32.3. The van der Waals surface area contributed by atoms with Gasteiger partial charge in [-0.1, -0.05) is 108 Å². The number of hydrogen-bond donors (Lipinski definition) is 0. The lowest BCUT2D eigenvalue weighted by molar-refractivity contribution is -0.696. The van der Waals surface area contributed by atoms with Gasteiger partial charge in [-0.05, 0) is 59.6 Å². The number of aliphatic imine (C=N–C) groups is 2. The van der Waals surface area contributed by atoms with Crippen molar-refractivity contribution in [3.8, 4) is 0 Å². The highest BCUT2D eigenvalue weighted by atomic mass is 15.1. The van der Waals surface area contributed by atoms with Crippen molar-refractivity contribution in [1.82, 2.24) is 9.47 Å². The summed E-state index contributed by atoms with van der Waals surface area (Å²) in [6.45, 7) is 22.6. The molecule has 238 valence electrons. The molecule has 1 aromatic heterocycles. The number of aryl methyl sites for hydroxylation is 3. The van der Waals surface area contributed by atoms with Crippen LogP contribution in [0.5, 0.6) is 0 Å². The largest absolute Gasteiger partial charge is 0.351 e. The van der Waals surface area contributed by atoms with Gasteiger partial charge in [-0.15, -0.1) is 0 Å². The zero-order valence-corrected chi connectivity index (χ0v) is 29.1. The summed E-state index contributed by atoms with van der Waals surface area (Å²) in [5.74, 6) is 0. The van der Waals surface area contributed by atoms with Crippen LogP contribution in [0.15, 0.2) is 95.9 Å². The Balaban J connectivity index is -0.000000517. The lowest BCUT2D eigenvalue weighted by Gasteiger charge is -2.11. The highest BCUT2D eigenvalue weighted by molar-refractivity contribution is 5.76. The van der Waals surface area contributed by atoms with E-state index in [4.69, 9.17) is 0 Å². The lowest BCUT2D eigenvalue weighted by atomic mass is 10.1. The summed E-state index contributed by atoms with van der Waals surface area (Å²) < 4.78 is 4.65. The summed E-state index contributed by atoms with van der Waals surface area (Å²) >= 11 is 0. The Hall–Kier alpha value is -3.21. The van der Waals surface area contributed by atoms with Gasteiger partial charge in [-0.3, -0.25) is 9.98 Å². The average Bonchev–Trinajstić information content (AvgIpc) is 3.46. The van der Waals surface area contributed by atoms with Crippen molar-refractivity contribution in [1.29, 1.82) is 0 Å². The maximum absolute atomic E-state index is 3.84. The van der Waals surface area contributed by atoms with Crippen molar-refractivity contribution in [3.05, 3.63) is 91.4 Å². The van der Waals surface area contributed by atoms with Crippen LogP contribution in [-0.4, -0.2) is 36.0 Å². The second kappa shape index (κ2) is 35.8. The third-order valence-electron chi connectivity index (χ3n) is 5.71. The van der Waals surface area contributed by atoms with Crippen LogP contribution < -0.4 is 4.57 Å². The quantitative estimate of drug-likeness (QED) is 0.124. The molecule has 5 heteroatoms. The second-order valence-corrected chi connectivity index (χ2v) is 9.53. The molecule has 0 aliphatic rings. The van der Waals surface area contributed by atoms with E-state index in [1.54, 1.807) is 25.7 Å². The molecule has 0 radical (unpaired) electrons. The van der Waals surface area contributed by atoms with Crippen LogP contribution in [0.2, 0.25) is 0 Å². The van der Waals surface area contributed by atoms with E-state index in [1.807, 2.05) is 83.1 Å². The molecule has 5 nitrogen and oxygen atoms in total. The fourth-order valence-corrected chi connectivity index (χ4v) is 3.41. The van der Waals surface area contributed by atoms with Gasteiger partial charge < -0.3 is 4.90 Å². The fraction of sp³-hybridized carbons (Fsp3) is 0.541. The van der Waals surface area contributed by atoms with Crippen molar-refractivity contribution < 1.29 is 4.57 Å². The Morgan fingerprint density at radius 1 is 0.929 bits per heavy atom. The summed E-state index contributed by atoms with van der Waals surface area (Å²) in [4.78, 5) is 9.53. The Labute approximate surface area is 261 Å². The van der Waals surface area contributed by atoms with Gasteiger partial charge in [0.25, 0.3) is 0 Å². The van der Waals surface area contributed by atoms with Crippen molar-refractivity contribution in [3.63, 3.8) is 0 Å². The molecule has 2 rings (SSSR count). The normalized spacial score (nSPS) is 10.3. The van der Waals surface area contributed by atoms with Gasteiger partial charge in [-0.25, -0.2) is 9.13 Å². The second-order valence-electron chi connectivity index (χ2n) is 9.53. The van der Waals surface area contributed by atoms with E-state index in [0.29, 0.717) is 0 Å². The maximum Gasteiger partial charge on any atom is 0.243 e. The molecule has 0 spiro atoms. The molecular weight excluding hydrogens is 514 g/mol. The van der Waals surface area contributed by atoms with Gasteiger partial charge in [0.15, 0.2) is 0 Å². The van der Waals surface area contributed by atoms with E-state index in [2.05, 4.69) is 77.3 Å². The molecule has 0 unspecified atom stereocenters. The van der Waals surface area contributed by atoms with Crippen LogP contribution in [0.3, 0.4) is 0 Å². The molecule has 1 heterocycles. The molecule has 2 aromatic rings. The molecule has 0 atom stereocenters. The predicted molar refractivity (Wildman–Crippen MR) is 191 cm³/mol. The Morgan fingerprint density at radius 2 is 1.55 bits per heavy atom. The third kappa shape index (κ3) is 31.3. The highest BCUT2D eigenvalue weighted by Crippen LogP contribution is 2.04. The molecule has 0 amide bonds. The number of benzene rings is 1. The molecule has 0 aliphatic heterocycles. The first-order valence-corrected chi connectivity index (χ1v) is 16.0. The maximum atomic E-state index is 3.84. The molecule has 0 fully saturated rings. The van der Waals surface area contributed by atoms with Gasteiger partial charge >= 0.3 is 0 Å². The predicted octanol–water partition coefficient (Wildman–Crippen LogP) is 10.2. The van der Waals surface area contributed by atoms with Crippen LogP contribution in [0, 0.1) is 6.92 Å². The van der Waals surface area contributed by atoms with Crippen molar-refractivity contribution in [2.24, 2.45) is 9.98 Å². The van der Waals surface area contributed by atoms with E-state index in [9.17, 15) is 0 Å². The Kier molecular flexibility index (Phi) is 36.9.